The number of hydrogen-bond donors (Lipinski definition) is 1. The summed E-state index contributed by atoms with van der Waals surface area (Å²) in [6, 6.07) is 10.8. The van der Waals surface area contributed by atoms with Crippen LogP contribution in [-0.2, 0) is 0 Å². The second kappa shape index (κ2) is 5.07. The molecular formula is C13H8BrFN2O. The van der Waals surface area contributed by atoms with E-state index in [9.17, 15) is 4.39 Å². The number of rotatable bonds is 2. The first-order valence-electron chi connectivity index (χ1n) is 5.02. The SMILES string of the molecule is N#Cc1ccc(Oc2cc(F)ccc2Br)cc1N. The molecule has 5 heteroatoms. The van der Waals surface area contributed by atoms with Crippen LogP contribution in [0, 0.1) is 17.1 Å². The van der Waals surface area contributed by atoms with Crippen LogP contribution in [0.5, 0.6) is 11.5 Å². The molecule has 0 aliphatic rings. The van der Waals surface area contributed by atoms with Gasteiger partial charge < -0.3 is 10.5 Å². The second-order valence-electron chi connectivity index (χ2n) is 3.54. The third-order valence-electron chi connectivity index (χ3n) is 2.26. The van der Waals surface area contributed by atoms with Crippen molar-refractivity contribution in [1.29, 1.82) is 5.26 Å². The normalized spacial score (nSPS) is 9.83. The molecule has 0 radical (unpaired) electrons. The molecule has 2 N–H and O–H groups in total. The van der Waals surface area contributed by atoms with Crippen LogP contribution in [0.25, 0.3) is 0 Å². The Balaban J connectivity index is 2.32. The zero-order valence-electron chi connectivity index (χ0n) is 9.15. The standard InChI is InChI=1S/C13H8BrFN2O/c14-11-4-2-9(15)5-13(11)18-10-3-1-8(7-16)12(17)6-10/h1-6H,17H2. The van der Waals surface area contributed by atoms with Crippen LogP contribution >= 0.6 is 15.9 Å². The van der Waals surface area contributed by atoms with E-state index in [-0.39, 0.29) is 0 Å². The van der Waals surface area contributed by atoms with E-state index in [2.05, 4.69) is 15.9 Å². The van der Waals surface area contributed by atoms with E-state index >= 15 is 0 Å². The molecule has 0 atom stereocenters. The number of halogens is 2. The Labute approximate surface area is 112 Å². The van der Waals surface area contributed by atoms with Gasteiger partial charge in [-0.05, 0) is 40.2 Å². The summed E-state index contributed by atoms with van der Waals surface area (Å²) >= 11 is 3.26. The van der Waals surface area contributed by atoms with Gasteiger partial charge in [-0.2, -0.15) is 5.26 Å². The average molecular weight is 307 g/mol. The predicted molar refractivity (Wildman–Crippen MR) is 69.7 cm³/mol. The van der Waals surface area contributed by atoms with Gasteiger partial charge in [0.25, 0.3) is 0 Å². The van der Waals surface area contributed by atoms with Gasteiger partial charge >= 0.3 is 0 Å². The van der Waals surface area contributed by atoms with Crippen LogP contribution in [0.1, 0.15) is 5.56 Å². The molecule has 0 fully saturated rings. The monoisotopic (exact) mass is 306 g/mol. The van der Waals surface area contributed by atoms with Crippen molar-refractivity contribution in [3.63, 3.8) is 0 Å². The molecular weight excluding hydrogens is 299 g/mol. The fraction of sp³-hybridized carbons (Fsp3) is 0. The number of benzene rings is 2. The molecule has 18 heavy (non-hydrogen) atoms. The Hall–Kier alpha value is -2.06. The van der Waals surface area contributed by atoms with Crippen molar-refractivity contribution in [2.75, 3.05) is 5.73 Å². The Morgan fingerprint density at radius 1 is 1.22 bits per heavy atom. The van der Waals surface area contributed by atoms with E-state index in [0.29, 0.717) is 27.2 Å². The summed E-state index contributed by atoms with van der Waals surface area (Å²) in [5.74, 6) is 0.395. The van der Waals surface area contributed by atoms with Gasteiger partial charge in [0.15, 0.2) is 0 Å². The van der Waals surface area contributed by atoms with Gasteiger partial charge in [0.05, 0.1) is 15.7 Å². The quantitative estimate of drug-likeness (QED) is 0.858. The maximum absolute atomic E-state index is 13.1. The first-order valence-corrected chi connectivity index (χ1v) is 5.82. The van der Waals surface area contributed by atoms with Crippen LogP contribution in [0.2, 0.25) is 0 Å². The van der Waals surface area contributed by atoms with Crippen molar-refractivity contribution in [2.24, 2.45) is 0 Å². The number of anilines is 1. The summed E-state index contributed by atoms with van der Waals surface area (Å²) in [7, 11) is 0. The maximum atomic E-state index is 13.1. The highest BCUT2D eigenvalue weighted by atomic mass is 79.9. The highest BCUT2D eigenvalue weighted by Gasteiger charge is 2.06. The zero-order chi connectivity index (χ0) is 13.1. The van der Waals surface area contributed by atoms with E-state index in [1.807, 2.05) is 6.07 Å². The van der Waals surface area contributed by atoms with E-state index in [1.165, 1.54) is 18.2 Å². The summed E-state index contributed by atoms with van der Waals surface area (Å²) in [5, 5.41) is 8.75. The number of nitrogen functional groups attached to an aromatic ring is 1. The van der Waals surface area contributed by atoms with Gasteiger partial charge in [-0.15, -0.1) is 0 Å². The number of nitriles is 1. The van der Waals surface area contributed by atoms with E-state index < -0.39 is 5.82 Å². The lowest BCUT2D eigenvalue weighted by Gasteiger charge is -2.08. The van der Waals surface area contributed by atoms with Gasteiger partial charge in [-0.25, -0.2) is 4.39 Å². The zero-order valence-corrected chi connectivity index (χ0v) is 10.7. The van der Waals surface area contributed by atoms with Crippen molar-refractivity contribution in [3.8, 4) is 17.6 Å². The summed E-state index contributed by atoms with van der Waals surface area (Å²) in [6.45, 7) is 0. The predicted octanol–water partition coefficient (Wildman–Crippen LogP) is 3.83. The number of nitrogens with zero attached hydrogens (tertiary/aromatic N) is 1. The van der Waals surface area contributed by atoms with Crippen molar-refractivity contribution in [2.45, 2.75) is 0 Å². The summed E-state index contributed by atoms with van der Waals surface area (Å²) in [4.78, 5) is 0. The lowest BCUT2D eigenvalue weighted by molar-refractivity contribution is 0.474. The Bertz CT molecular complexity index is 637. The van der Waals surface area contributed by atoms with Gasteiger partial charge in [0, 0.05) is 12.1 Å². The summed E-state index contributed by atoms with van der Waals surface area (Å²) < 4.78 is 19.2. The second-order valence-corrected chi connectivity index (χ2v) is 4.39. The van der Waals surface area contributed by atoms with Crippen LogP contribution in [0.4, 0.5) is 10.1 Å². The van der Waals surface area contributed by atoms with Crippen molar-refractivity contribution in [3.05, 3.63) is 52.3 Å². The van der Waals surface area contributed by atoms with Crippen LogP contribution in [-0.4, -0.2) is 0 Å². The van der Waals surface area contributed by atoms with E-state index in [1.54, 1.807) is 18.2 Å². The molecule has 0 heterocycles. The minimum Gasteiger partial charge on any atom is -0.456 e. The van der Waals surface area contributed by atoms with Crippen molar-refractivity contribution < 1.29 is 9.13 Å². The van der Waals surface area contributed by atoms with E-state index in [4.69, 9.17) is 15.7 Å². The van der Waals surface area contributed by atoms with Crippen molar-refractivity contribution in [1.82, 2.24) is 0 Å². The molecule has 2 rings (SSSR count). The molecule has 0 aliphatic heterocycles. The lowest BCUT2D eigenvalue weighted by atomic mass is 10.2. The number of nitrogens with two attached hydrogens (primary N) is 1. The Morgan fingerprint density at radius 3 is 2.67 bits per heavy atom. The molecule has 2 aromatic rings. The fourth-order valence-electron chi connectivity index (χ4n) is 1.39. The molecule has 0 saturated carbocycles. The molecule has 0 amide bonds. The van der Waals surface area contributed by atoms with Gasteiger partial charge in [-0.1, -0.05) is 0 Å². The minimum absolute atomic E-state index is 0.322. The van der Waals surface area contributed by atoms with Crippen LogP contribution in [0.3, 0.4) is 0 Å². The molecule has 0 unspecified atom stereocenters. The third kappa shape index (κ3) is 2.60. The largest absolute Gasteiger partial charge is 0.456 e. The van der Waals surface area contributed by atoms with Crippen LogP contribution in [0.15, 0.2) is 40.9 Å². The Kier molecular flexibility index (Phi) is 3.49. The summed E-state index contributed by atoms with van der Waals surface area (Å²) in [6.07, 6.45) is 0. The minimum atomic E-state index is -0.394. The molecule has 0 aliphatic carbocycles. The van der Waals surface area contributed by atoms with Crippen molar-refractivity contribution >= 4 is 21.6 Å². The smallest absolute Gasteiger partial charge is 0.144 e. The molecule has 0 saturated heterocycles. The average Bonchev–Trinajstić information content (AvgIpc) is 2.34. The van der Waals surface area contributed by atoms with Crippen LogP contribution < -0.4 is 10.5 Å². The Morgan fingerprint density at radius 2 is 2.00 bits per heavy atom. The molecule has 0 aromatic heterocycles. The highest BCUT2D eigenvalue weighted by molar-refractivity contribution is 9.10. The first-order chi connectivity index (χ1) is 8.60. The van der Waals surface area contributed by atoms with Gasteiger partial charge in [0.1, 0.15) is 23.4 Å². The molecule has 3 nitrogen and oxygen atoms in total. The molecule has 2 aromatic carbocycles. The lowest BCUT2D eigenvalue weighted by Crippen LogP contribution is -1.92. The number of ether oxygens (including phenoxy) is 1. The molecule has 0 bridgehead atoms. The number of hydrogen-bond acceptors (Lipinski definition) is 3. The topological polar surface area (TPSA) is 59.0 Å². The van der Waals surface area contributed by atoms with Gasteiger partial charge in [0.2, 0.25) is 0 Å². The summed E-state index contributed by atoms with van der Waals surface area (Å²) in [5.41, 5.74) is 6.36. The molecule has 90 valence electrons. The molecule has 0 spiro atoms. The highest BCUT2D eigenvalue weighted by Crippen LogP contribution is 2.31. The maximum Gasteiger partial charge on any atom is 0.144 e. The van der Waals surface area contributed by atoms with E-state index in [0.717, 1.165) is 0 Å². The fourth-order valence-corrected chi connectivity index (χ4v) is 1.72. The third-order valence-corrected chi connectivity index (χ3v) is 2.92. The first kappa shape index (κ1) is 12.4. The van der Waals surface area contributed by atoms with Gasteiger partial charge in [-0.3, -0.25) is 0 Å².